The lowest BCUT2D eigenvalue weighted by atomic mass is 9.95. The highest BCUT2D eigenvalue weighted by Crippen LogP contribution is 2.44. The Labute approximate surface area is 222 Å². The lowest BCUT2D eigenvalue weighted by Gasteiger charge is -2.23. The molecule has 2 heterocycles. The lowest BCUT2D eigenvalue weighted by Crippen LogP contribution is -2.29. The van der Waals surface area contributed by atoms with E-state index >= 15 is 0 Å². The van der Waals surface area contributed by atoms with Gasteiger partial charge in [0.1, 0.15) is 23.0 Å². The quantitative estimate of drug-likeness (QED) is 0.141. The first-order valence-corrected chi connectivity index (χ1v) is 12.3. The highest BCUT2D eigenvalue weighted by atomic mass is 35.5. The number of aromatic nitrogens is 1. The third-order valence-electron chi connectivity index (χ3n) is 5.78. The highest BCUT2D eigenvalue weighted by Gasteiger charge is 2.48. The number of anilines is 1. The molecule has 1 unspecified atom stereocenters. The fourth-order valence-electron chi connectivity index (χ4n) is 4.05. The number of aliphatic hydroxyl groups excluding tert-OH is 1. The van der Waals surface area contributed by atoms with Crippen LogP contribution in [-0.2, 0) is 14.3 Å². The van der Waals surface area contributed by atoms with Gasteiger partial charge >= 0.3 is 11.9 Å². The van der Waals surface area contributed by atoms with Gasteiger partial charge in [0.2, 0.25) is 0 Å². The van der Waals surface area contributed by atoms with Crippen LogP contribution >= 0.6 is 22.9 Å². The van der Waals surface area contributed by atoms with Gasteiger partial charge < -0.3 is 14.6 Å². The minimum atomic E-state index is -1.04. The van der Waals surface area contributed by atoms with Crippen LogP contribution < -0.4 is 9.64 Å². The molecule has 2 aromatic carbocycles. The van der Waals surface area contributed by atoms with Crippen molar-refractivity contribution in [3.8, 4) is 5.75 Å². The molecule has 0 aliphatic carbocycles. The van der Waals surface area contributed by atoms with E-state index in [1.165, 1.54) is 12.0 Å². The number of halogens is 1. The molecule has 1 amide bonds. The van der Waals surface area contributed by atoms with Gasteiger partial charge in [0.15, 0.2) is 5.13 Å². The summed E-state index contributed by atoms with van der Waals surface area (Å²) in [6, 6.07) is 10.5. The van der Waals surface area contributed by atoms with Crippen LogP contribution in [0.3, 0.4) is 0 Å². The molecule has 0 radical (unpaired) electrons. The van der Waals surface area contributed by atoms with Gasteiger partial charge in [-0.05, 0) is 55.3 Å². The van der Waals surface area contributed by atoms with E-state index in [9.17, 15) is 19.5 Å². The number of nitrogens with zero attached hydrogens (tertiary/aromatic N) is 2. The van der Waals surface area contributed by atoms with Crippen molar-refractivity contribution in [2.75, 3.05) is 18.6 Å². The monoisotopic (exact) mass is 538 g/mol. The molecule has 0 spiro atoms. The third-order valence-corrected chi connectivity index (χ3v) is 7.15. The number of esters is 1. The summed E-state index contributed by atoms with van der Waals surface area (Å²) >= 11 is 7.17. The molecule has 1 fully saturated rings. The van der Waals surface area contributed by atoms with E-state index < -0.39 is 23.7 Å². The number of rotatable bonds is 7. The summed E-state index contributed by atoms with van der Waals surface area (Å²) in [7, 11) is 1.25. The van der Waals surface area contributed by atoms with Crippen molar-refractivity contribution in [1.82, 2.24) is 4.98 Å². The smallest absolute Gasteiger partial charge is 0.350 e. The van der Waals surface area contributed by atoms with Crippen molar-refractivity contribution in [2.24, 2.45) is 0 Å². The van der Waals surface area contributed by atoms with Gasteiger partial charge in [-0.1, -0.05) is 47.7 Å². The largest absolute Gasteiger partial charge is 0.507 e. The van der Waals surface area contributed by atoms with Crippen LogP contribution in [0.5, 0.6) is 5.75 Å². The van der Waals surface area contributed by atoms with Crippen LogP contribution in [0, 0.1) is 13.8 Å². The number of aryl methyl sites for hydroxylation is 2. The molecule has 1 N–H and O–H groups in total. The molecule has 1 aromatic heterocycles. The Morgan fingerprint density at radius 2 is 2.00 bits per heavy atom. The SMILES string of the molecule is C=CCOc1ccc(/C(O)=C2/C(=O)C(=O)N(c3nc(C)c(C(=O)OC)s3)C2c2cccc(Cl)c2)cc1C. The Balaban J connectivity index is 1.90. The maximum atomic E-state index is 13.4. The minimum Gasteiger partial charge on any atom is -0.507 e. The fourth-order valence-corrected chi connectivity index (χ4v) is 5.26. The van der Waals surface area contributed by atoms with Crippen molar-refractivity contribution in [3.05, 3.63) is 93.0 Å². The van der Waals surface area contributed by atoms with Crippen molar-refractivity contribution in [1.29, 1.82) is 0 Å². The van der Waals surface area contributed by atoms with Gasteiger partial charge in [-0.3, -0.25) is 14.5 Å². The summed E-state index contributed by atoms with van der Waals surface area (Å²) in [4.78, 5) is 44.6. The molecule has 1 aliphatic heterocycles. The van der Waals surface area contributed by atoms with E-state index in [-0.39, 0.29) is 21.3 Å². The Bertz CT molecular complexity index is 1460. The predicted molar refractivity (Wildman–Crippen MR) is 141 cm³/mol. The number of amides is 1. The molecule has 1 saturated heterocycles. The summed E-state index contributed by atoms with van der Waals surface area (Å²) in [5, 5.41) is 11.9. The fraction of sp³-hybridized carbons (Fsp3) is 0.185. The molecule has 10 heteroatoms. The molecule has 8 nitrogen and oxygen atoms in total. The van der Waals surface area contributed by atoms with Crippen molar-refractivity contribution < 1.29 is 29.0 Å². The van der Waals surface area contributed by atoms with Gasteiger partial charge in [0, 0.05) is 10.6 Å². The third kappa shape index (κ3) is 4.87. The van der Waals surface area contributed by atoms with Gasteiger partial charge in [0.25, 0.3) is 5.78 Å². The van der Waals surface area contributed by atoms with Gasteiger partial charge in [0.05, 0.1) is 24.4 Å². The maximum absolute atomic E-state index is 13.4. The second-order valence-corrected chi connectivity index (χ2v) is 9.62. The number of methoxy groups -OCH3 is 1. The van der Waals surface area contributed by atoms with Gasteiger partial charge in [-0.15, -0.1) is 0 Å². The van der Waals surface area contributed by atoms with Gasteiger partial charge in [-0.25, -0.2) is 9.78 Å². The number of aliphatic hydroxyl groups is 1. The van der Waals surface area contributed by atoms with E-state index in [1.807, 2.05) is 0 Å². The van der Waals surface area contributed by atoms with Crippen LogP contribution in [0.2, 0.25) is 5.02 Å². The van der Waals surface area contributed by atoms with Crippen LogP contribution in [0.1, 0.15) is 38.1 Å². The summed E-state index contributed by atoms with van der Waals surface area (Å²) in [5.74, 6) is -2.15. The first-order valence-electron chi connectivity index (χ1n) is 11.1. The molecule has 190 valence electrons. The normalized spacial score (nSPS) is 16.6. The number of carbonyl (C=O) groups is 3. The number of hydrogen-bond donors (Lipinski definition) is 1. The Kier molecular flexibility index (Phi) is 7.47. The number of benzene rings is 2. The number of Topliss-reactive ketones (excluding diaryl/α,β-unsaturated/α-hetero) is 1. The molecular weight excluding hydrogens is 516 g/mol. The maximum Gasteiger partial charge on any atom is 0.350 e. The van der Waals surface area contributed by atoms with E-state index in [4.69, 9.17) is 21.1 Å². The van der Waals surface area contributed by atoms with Crippen LogP contribution in [0.15, 0.2) is 60.7 Å². The van der Waals surface area contributed by atoms with E-state index in [0.29, 0.717) is 34.2 Å². The zero-order chi connectivity index (χ0) is 26.9. The first kappa shape index (κ1) is 26.1. The molecule has 4 rings (SSSR count). The molecule has 1 aliphatic rings. The Morgan fingerprint density at radius 1 is 1.24 bits per heavy atom. The summed E-state index contributed by atoms with van der Waals surface area (Å²) in [5.41, 5.74) is 1.77. The summed E-state index contributed by atoms with van der Waals surface area (Å²) < 4.78 is 10.4. The minimum absolute atomic E-state index is 0.119. The molecule has 0 bridgehead atoms. The van der Waals surface area contributed by atoms with Crippen molar-refractivity contribution in [3.63, 3.8) is 0 Å². The van der Waals surface area contributed by atoms with Crippen LogP contribution in [0.25, 0.3) is 5.76 Å². The number of thiazole rings is 1. The van der Waals surface area contributed by atoms with Crippen LogP contribution in [-0.4, -0.2) is 41.5 Å². The molecule has 37 heavy (non-hydrogen) atoms. The number of carbonyl (C=O) groups excluding carboxylic acids is 3. The number of hydrogen-bond acceptors (Lipinski definition) is 8. The summed E-state index contributed by atoms with van der Waals surface area (Å²) in [6.45, 7) is 7.35. The average Bonchev–Trinajstić information content (AvgIpc) is 3.39. The first-order chi connectivity index (χ1) is 17.7. The van der Waals surface area contributed by atoms with Crippen LogP contribution in [0.4, 0.5) is 5.13 Å². The Morgan fingerprint density at radius 3 is 2.65 bits per heavy atom. The lowest BCUT2D eigenvalue weighted by molar-refractivity contribution is -0.132. The second-order valence-electron chi connectivity index (χ2n) is 8.21. The van der Waals surface area contributed by atoms with Crippen molar-refractivity contribution >= 4 is 51.5 Å². The molecule has 1 atom stereocenters. The second kappa shape index (κ2) is 10.6. The van der Waals surface area contributed by atoms with E-state index in [0.717, 1.165) is 16.9 Å². The van der Waals surface area contributed by atoms with E-state index in [2.05, 4.69) is 11.6 Å². The molecule has 0 saturated carbocycles. The number of ketones is 1. The predicted octanol–water partition coefficient (Wildman–Crippen LogP) is 5.39. The Hall–Kier alpha value is -3.95. The number of ether oxygens (including phenoxy) is 2. The standard InChI is InChI=1S/C27H23ClN2O6S/c1-5-11-36-19-10-9-17(12-14(19)2)22(31)20-21(16-7-6-8-18(28)13-16)30(25(33)23(20)32)27-29-15(3)24(37-27)26(34)35-4/h5-10,12-13,21,31H,1,11H2,2-4H3/b22-20-. The molecule has 3 aromatic rings. The van der Waals surface area contributed by atoms with Gasteiger partial charge in [-0.2, -0.15) is 0 Å². The zero-order valence-electron chi connectivity index (χ0n) is 20.3. The molecular formula is C27H23ClN2O6S. The topological polar surface area (TPSA) is 106 Å². The van der Waals surface area contributed by atoms with E-state index in [1.54, 1.807) is 62.4 Å². The average molecular weight is 539 g/mol. The zero-order valence-corrected chi connectivity index (χ0v) is 21.9. The summed E-state index contributed by atoms with van der Waals surface area (Å²) in [6.07, 6.45) is 1.62. The van der Waals surface area contributed by atoms with Crippen molar-refractivity contribution in [2.45, 2.75) is 19.9 Å². The highest BCUT2D eigenvalue weighted by molar-refractivity contribution is 7.17.